The molecule has 0 aliphatic heterocycles. The number of nitrogens with one attached hydrogen (secondary N) is 1. The molecule has 5 heteroatoms. The van der Waals surface area contributed by atoms with Gasteiger partial charge in [-0.15, -0.1) is 0 Å². The lowest BCUT2D eigenvalue weighted by Crippen LogP contribution is -2.33. The van der Waals surface area contributed by atoms with Crippen molar-refractivity contribution in [2.45, 2.75) is 30.7 Å². The highest BCUT2D eigenvalue weighted by Crippen LogP contribution is 2.33. The molecule has 1 aromatic carbocycles. The number of hydrogen-bond donors (Lipinski definition) is 1. The second kappa shape index (κ2) is 4.50. The molecular formula is C12H16ClNO2S. The maximum absolute atomic E-state index is 11.4. The van der Waals surface area contributed by atoms with Gasteiger partial charge < -0.3 is 5.32 Å². The molecule has 0 atom stereocenters. The highest BCUT2D eigenvalue weighted by molar-refractivity contribution is 7.90. The van der Waals surface area contributed by atoms with Crippen molar-refractivity contribution in [2.75, 3.05) is 11.6 Å². The van der Waals surface area contributed by atoms with Gasteiger partial charge in [0.05, 0.1) is 15.6 Å². The Morgan fingerprint density at radius 1 is 1.35 bits per heavy atom. The van der Waals surface area contributed by atoms with Gasteiger partial charge in [0.1, 0.15) is 0 Å². The van der Waals surface area contributed by atoms with Crippen LogP contribution >= 0.6 is 11.6 Å². The van der Waals surface area contributed by atoms with Gasteiger partial charge in [0.2, 0.25) is 0 Å². The summed E-state index contributed by atoms with van der Waals surface area (Å²) in [5.41, 5.74) is 0.714. The second-order valence-electron chi connectivity index (χ2n) is 4.83. The third-order valence-corrected chi connectivity index (χ3v) is 4.54. The number of hydrogen-bond acceptors (Lipinski definition) is 3. The molecule has 0 heterocycles. The fraction of sp³-hybridized carbons (Fsp3) is 0.500. The van der Waals surface area contributed by atoms with Crippen LogP contribution in [0.25, 0.3) is 0 Å². The standard InChI is InChI=1S/C12H16ClNO2S/c1-8-5-9(6-8)14-12-7-10(17(2,15)16)3-4-11(12)13/h3-4,7-9,14H,5-6H2,1-2H3. The van der Waals surface area contributed by atoms with Crippen LogP contribution in [0.5, 0.6) is 0 Å². The second-order valence-corrected chi connectivity index (χ2v) is 7.25. The van der Waals surface area contributed by atoms with Crippen molar-refractivity contribution in [3.63, 3.8) is 0 Å². The van der Waals surface area contributed by atoms with Crippen LogP contribution in [0.4, 0.5) is 5.69 Å². The first-order valence-corrected chi connectivity index (χ1v) is 7.89. The maximum Gasteiger partial charge on any atom is 0.175 e. The van der Waals surface area contributed by atoms with Crippen LogP contribution < -0.4 is 5.32 Å². The van der Waals surface area contributed by atoms with Gasteiger partial charge in [-0.25, -0.2) is 8.42 Å². The Labute approximate surface area is 107 Å². The first-order valence-electron chi connectivity index (χ1n) is 5.62. The Morgan fingerprint density at radius 2 is 2.00 bits per heavy atom. The smallest absolute Gasteiger partial charge is 0.175 e. The molecule has 0 saturated heterocycles. The van der Waals surface area contributed by atoms with E-state index in [1.54, 1.807) is 12.1 Å². The van der Waals surface area contributed by atoms with Crippen molar-refractivity contribution in [3.05, 3.63) is 23.2 Å². The van der Waals surface area contributed by atoms with Crippen molar-refractivity contribution in [1.82, 2.24) is 0 Å². The van der Waals surface area contributed by atoms with E-state index < -0.39 is 9.84 Å². The molecule has 3 nitrogen and oxygen atoms in total. The highest BCUT2D eigenvalue weighted by atomic mass is 35.5. The van der Waals surface area contributed by atoms with Crippen molar-refractivity contribution < 1.29 is 8.42 Å². The van der Waals surface area contributed by atoms with E-state index in [1.807, 2.05) is 0 Å². The molecule has 0 spiro atoms. The maximum atomic E-state index is 11.4. The van der Waals surface area contributed by atoms with Crippen LogP contribution in [-0.4, -0.2) is 20.7 Å². The molecule has 0 bridgehead atoms. The van der Waals surface area contributed by atoms with Gasteiger partial charge in [0.25, 0.3) is 0 Å². The van der Waals surface area contributed by atoms with Crippen LogP contribution in [0.1, 0.15) is 19.8 Å². The summed E-state index contributed by atoms with van der Waals surface area (Å²) < 4.78 is 22.9. The molecule has 1 aromatic rings. The molecule has 17 heavy (non-hydrogen) atoms. The van der Waals surface area contributed by atoms with Crippen molar-refractivity contribution in [2.24, 2.45) is 5.92 Å². The third-order valence-electron chi connectivity index (χ3n) is 3.10. The summed E-state index contributed by atoms with van der Waals surface area (Å²) in [5, 5.41) is 3.86. The minimum absolute atomic E-state index is 0.303. The summed E-state index contributed by atoms with van der Waals surface area (Å²) in [5.74, 6) is 0.740. The highest BCUT2D eigenvalue weighted by Gasteiger charge is 2.25. The third kappa shape index (κ3) is 2.93. The van der Waals surface area contributed by atoms with Crippen molar-refractivity contribution in [1.29, 1.82) is 0 Å². The molecule has 2 rings (SSSR count). The Kier molecular flexibility index (Phi) is 3.36. The molecule has 0 amide bonds. The molecular weight excluding hydrogens is 258 g/mol. The monoisotopic (exact) mass is 273 g/mol. The summed E-state index contributed by atoms with van der Waals surface area (Å²) in [6, 6.07) is 5.19. The Morgan fingerprint density at radius 3 is 2.53 bits per heavy atom. The molecule has 1 saturated carbocycles. The minimum atomic E-state index is -3.18. The molecule has 94 valence electrons. The first kappa shape index (κ1) is 12.7. The normalized spacial score (nSPS) is 24.2. The van der Waals surface area contributed by atoms with Crippen LogP contribution in [0.15, 0.2) is 23.1 Å². The summed E-state index contributed by atoms with van der Waals surface area (Å²) in [7, 11) is -3.18. The SMILES string of the molecule is CC1CC(Nc2cc(S(C)(=O)=O)ccc2Cl)C1. The molecule has 0 aromatic heterocycles. The van der Waals surface area contributed by atoms with Gasteiger partial charge >= 0.3 is 0 Å². The van der Waals surface area contributed by atoms with Crippen molar-refractivity contribution >= 4 is 27.1 Å². The fourth-order valence-corrected chi connectivity index (χ4v) is 2.91. The molecule has 1 aliphatic carbocycles. The zero-order valence-corrected chi connectivity index (χ0v) is 11.5. The van der Waals surface area contributed by atoms with Gasteiger partial charge in [-0.05, 0) is 37.0 Å². The molecule has 0 radical (unpaired) electrons. The fourth-order valence-electron chi connectivity index (χ4n) is 2.09. The lowest BCUT2D eigenvalue weighted by molar-refractivity contribution is 0.309. The predicted octanol–water partition coefficient (Wildman–Crippen LogP) is 2.95. The van der Waals surface area contributed by atoms with E-state index in [1.165, 1.54) is 12.3 Å². The van der Waals surface area contributed by atoms with E-state index >= 15 is 0 Å². The topological polar surface area (TPSA) is 46.2 Å². The van der Waals surface area contributed by atoms with Crippen LogP contribution in [0.2, 0.25) is 5.02 Å². The first-order chi connectivity index (χ1) is 7.86. The number of benzene rings is 1. The lowest BCUT2D eigenvalue weighted by Gasteiger charge is -2.34. The van der Waals surface area contributed by atoms with Crippen molar-refractivity contribution in [3.8, 4) is 0 Å². The van der Waals surface area contributed by atoms with Crippen LogP contribution in [-0.2, 0) is 9.84 Å². The van der Waals surface area contributed by atoms with E-state index in [-0.39, 0.29) is 0 Å². The lowest BCUT2D eigenvalue weighted by atomic mass is 9.82. The number of halogens is 1. The summed E-state index contributed by atoms with van der Waals surface area (Å²) in [6.07, 6.45) is 3.42. The van der Waals surface area contributed by atoms with Gasteiger partial charge in [0, 0.05) is 12.3 Å². The van der Waals surface area contributed by atoms with Gasteiger partial charge in [-0.3, -0.25) is 0 Å². The van der Waals surface area contributed by atoms with E-state index in [0.717, 1.165) is 18.8 Å². The van der Waals surface area contributed by atoms with Gasteiger partial charge in [-0.1, -0.05) is 18.5 Å². The largest absolute Gasteiger partial charge is 0.381 e. The van der Waals surface area contributed by atoms with Crippen LogP contribution in [0.3, 0.4) is 0 Å². The molecule has 0 unspecified atom stereocenters. The average Bonchev–Trinajstić information content (AvgIpc) is 2.17. The van der Waals surface area contributed by atoms with Crippen LogP contribution in [0, 0.1) is 5.92 Å². The van der Waals surface area contributed by atoms with Gasteiger partial charge in [0.15, 0.2) is 9.84 Å². The molecule has 1 fully saturated rings. The zero-order chi connectivity index (χ0) is 12.6. The van der Waals surface area contributed by atoms with E-state index in [2.05, 4.69) is 12.2 Å². The number of anilines is 1. The Balaban J connectivity index is 2.21. The Hall–Kier alpha value is -0.740. The Bertz CT molecular complexity index is 521. The van der Waals surface area contributed by atoms with E-state index in [4.69, 9.17) is 11.6 Å². The summed E-state index contributed by atoms with van der Waals surface area (Å²) in [6.45, 7) is 2.20. The number of rotatable bonds is 3. The quantitative estimate of drug-likeness (QED) is 0.921. The zero-order valence-electron chi connectivity index (χ0n) is 9.90. The average molecular weight is 274 g/mol. The predicted molar refractivity (Wildman–Crippen MR) is 70.4 cm³/mol. The van der Waals surface area contributed by atoms with E-state index in [0.29, 0.717) is 21.6 Å². The van der Waals surface area contributed by atoms with E-state index in [9.17, 15) is 8.42 Å². The molecule has 1 aliphatic rings. The van der Waals surface area contributed by atoms with Gasteiger partial charge in [-0.2, -0.15) is 0 Å². The summed E-state index contributed by atoms with van der Waals surface area (Å²) in [4.78, 5) is 0.303. The summed E-state index contributed by atoms with van der Waals surface area (Å²) >= 11 is 6.05. The molecule has 1 N–H and O–H groups in total. The minimum Gasteiger partial charge on any atom is -0.381 e. The number of sulfone groups is 1.